The van der Waals surface area contributed by atoms with Gasteiger partial charge < -0.3 is 113 Å². The van der Waals surface area contributed by atoms with Gasteiger partial charge in [-0.1, -0.05) is 55.2 Å². The molecular formula is C60H64Cl2N8O22. The highest BCUT2D eigenvalue weighted by molar-refractivity contribution is 6.32. The van der Waals surface area contributed by atoms with Crippen LogP contribution >= 0.6 is 23.2 Å². The maximum atomic E-state index is 15.8. The summed E-state index contributed by atoms with van der Waals surface area (Å²) >= 11 is 13.9. The lowest BCUT2D eigenvalue weighted by atomic mass is 9.89. The Labute approximate surface area is 531 Å². The molecule has 14 atom stereocenters. The van der Waals surface area contributed by atoms with Crippen LogP contribution in [0.2, 0.25) is 10.0 Å². The zero-order valence-electron chi connectivity index (χ0n) is 49.0. The molecule has 5 aromatic rings. The molecule has 6 aliphatic heterocycles. The molecule has 1 fully saturated rings. The quantitative estimate of drug-likeness (QED) is 0.0794. The number of carboxylic acids is 1. The summed E-state index contributed by atoms with van der Waals surface area (Å²) in [5.41, 5.74) is 10.1. The van der Waals surface area contributed by atoms with Crippen LogP contribution in [0.5, 0.6) is 46.0 Å². The van der Waals surface area contributed by atoms with Crippen molar-refractivity contribution < 1.29 is 108 Å². The van der Waals surface area contributed by atoms with Gasteiger partial charge in [-0.3, -0.25) is 33.6 Å². The van der Waals surface area contributed by atoms with Gasteiger partial charge in [-0.2, -0.15) is 0 Å². The molecule has 7 amide bonds. The minimum absolute atomic E-state index is 0.00316. The van der Waals surface area contributed by atoms with E-state index in [9.17, 15) is 64.8 Å². The van der Waals surface area contributed by atoms with Crippen molar-refractivity contribution in [2.75, 3.05) is 20.8 Å². The molecule has 11 rings (SSSR count). The first-order valence-electron chi connectivity index (χ1n) is 28.3. The first-order valence-corrected chi connectivity index (χ1v) is 29.0. The van der Waals surface area contributed by atoms with Crippen LogP contribution in [-0.4, -0.2) is 164 Å². The van der Waals surface area contributed by atoms with E-state index in [-0.39, 0.29) is 73.7 Å². The lowest BCUT2D eigenvalue weighted by Gasteiger charge is -2.39. The Morgan fingerprint density at radius 1 is 0.674 bits per heavy atom. The van der Waals surface area contributed by atoms with E-state index in [1.807, 2.05) is 0 Å². The number of aromatic hydroxyl groups is 1. The third-order valence-corrected chi connectivity index (χ3v) is 16.1. The Morgan fingerprint density at radius 3 is 1.85 bits per heavy atom. The summed E-state index contributed by atoms with van der Waals surface area (Å²) in [4.78, 5) is 116. The number of primary amides is 1. The van der Waals surface area contributed by atoms with E-state index in [4.69, 9.17) is 63.1 Å². The fraction of sp³-hybridized carbons (Fsp3) is 0.367. The minimum atomic E-state index is -2.28. The Balaban J connectivity index is 1.33. The second-order valence-corrected chi connectivity index (χ2v) is 23.1. The molecule has 1 saturated heterocycles. The molecule has 30 nitrogen and oxygen atoms in total. The van der Waals surface area contributed by atoms with Gasteiger partial charge in [0.2, 0.25) is 53.4 Å². The predicted octanol–water partition coefficient (Wildman–Crippen LogP) is 0.214. The van der Waals surface area contributed by atoms with E-state index in [2.05, 4.69) is 31.9 Å². The average molecular weight is 1320 g/mol. The fourth-order valence-corrected chi connectivity index (χ4v) is 11.2. The normalized spacial score (nSPS) is 26.0. The van der Waals surface area contributed by atoms with Gasteiger partial charge >= 0.3 is 5.97 Å². The second kappa shape index (κ2) is 27.8. The first kappa shape index (κ1) is 67.3. The number of aliphatic carboxylic acids is 1. The van der Waals surface area contributed by atoms with Crippen molar-refractivity contribution in [3.8, 4) is 57.1 Å². The van der Waals surface area contributed by atoms with Crippen molar-refractivity contribution in [2.45, 2.75) is 112 Å². The summed E-state index contributed by atoms with van der Waals surface area (Å²) < 4.78 is 36.0. The molecule has 18 N–H and O–H groups in total. The molecule has 0 aromatic heterocycles. The molecule has 0 radical (unpaired) electrons. The fourth-order valence-electron chi connectivity index (χ4n) is 10.8. The molecule has 5 aromatic carbocycles. The molecule has 6 heterocycles. The lowest BCUT2D eigenvalue weighted by molar-refractivity contribution is -0.277. The highest BCUT2D eigenvalue weighted by Gasteiger charge is 2.47. The number of phenols is 1. The van der Waals surface area contributed by atoms with Crippen molar-refractivity contribution in [1.29, 1.82) is 0 Å². The third kappa shape index (κ3) is 14.0. The van der Waals surface area contributed by atoms with Gasteiger partial charge in [0.05, 0.1) is 43.3 Å². The van der Waals surface area contributed by atoms with E-state index in [1.165, 1.54) is 44.6 Å². The van der Waals surface area contributed by atoms with Gasteiger partial charge in [-0.25, -0.2) is 4.79 Å². The van der Waals surface area contributed by atoms with E-state index in [1.54, 1.807) is 13.8 Å². The van der Waals surface area contributed by atoms with Gasteiger partial charge in [-0.05, 0) is 89.2 Å². The highest BCUT2D eigenvalue weighted by Crippen LogP contribution is 2.49. The van der Waals surface area contributed by atoms with Crippen molar-refractivity contribution in [3.63, 3.8) is 0 Å². The Bertz CT molecular complexity index is 3750. The number of carbonyl (C=O) groups excluding carboxylic acids is 7. The Kier molecular flexibility index (Phi) is 20.3. The summed E-state index contributed by atoms with van der Waals surface area (Å²) in [6, 6.07) is 0.756. The largest absolute Gasteiger partial charge is 0.507 e. The molecule has 0 saturated carbocycles. The van der Waals surface area contributed by atoms with Crippen molar-refractivity contribution in [1.82, 2.24) is 31.9 Å². The molecule has 0 spiro atoms. The van der Waals surface area contributed by atoms with Crippen LogP contribution < -0.4 is 67.1 Å². The number of halogens is 2. The number of methoxy groups -OCH3 is 2. The van der Waals surface area contributed by atoms with Crippen LogP contribution in [0.15, 0.2) is 78.9 Å². The highest BCUT2D eigenvalue weighted by atomic mass is 35.5. The smallest absolute Gasteiger partial charge is 0.330 e. The monoisotopic (exact) mass is 1320 g/mol. The summed E-state index contributed by atoms with van der Waals surface area (Å²) in [5, 5.41) is 104. The number of carbonyl (C=O) groups is 8. The molecule has 490 valence electrons. The van der Waals surface area contributed by atoms with Gasteiger partial charge in [0, 0.05) is 22.8 Å². The van der Waals surface area contributed by atoms with Crippen LogP contribution in [-0.2, 0) is 43.1 Å². The number of amides is 7. The summed E-state index contributed by atoms with van der Waals surface area (Å²) in [6.45, 7) is 2.59. The van der Waals surface area contributed by atoms with Gasteiger partial charge in [0.1, 0.15) is 95.6 Å². The number of nitrogens with one attached hydrogen (secondary N) is 6. The molecule has 11 bridgehead atoms. The molecule has 0 aliphatic carbocycles. The van der Waals surface area contributed by atoms with Crippen molar-refractivity contribution in [2.24, 2.45) is 17.4 Å². The zero-order chi connectivity index (χ0) is 66.9. The van der Waals surface area contributed by atoms with Gasteiger partial charge in [0.25, 0.3) is 0 Å². The van der Waals surface area contributed by atoms with Crippen LogP contribution in [0.1, 0.15) is 84.8 Å². The second-order valence-electron chi connectivity index (χ2n) is 22.3. The number of hydrogen-bond donors (Lipinski definition) is 16. The SMILES string of the molecule is COc1cc(OC)c2c(c1)[C@@H](C(=O)O)NC(=O)[C@H]1NC(=O)[C@H](NC(=O)[C@@H]3NC(=O)[C@H](CC(N)=O)NC(=O)[C@H](NC(=O)[C@H](N)CC(C)C)[C@H](O)c4ccc(c(Cl)c4)Oc4cc3cc(c4O[C@@H]3O[C@H](CO)[C@@H](O)[C@H](O)[C@H]3O)Oc3ccc(cc3Cl)[C@H]1O)c1ccc(O)c-2c1. The van der Waals surface area contributed by atoms with E-state index < -0.39 is 179 Å². The molecule has 0 unspecified atom stereocenters. The number of rotatable bonds is 12. The average Bonchev–Trinajstić information content (AvgIpc) is 0.792. The molecular weight excluding hydrogens is 1260 g/mol. The predicted molar refractivity (Wildman–Crippen MR) is 318 cm³/mol. The zero-order valence-corrected chi connectivity index (χ0v) is 50.5. The van der Waals surface area contributed by atoms with Crippen molar-refractivity contribution in [3.05, 3.63) is 117 Å². The summed E-state index contributed by atoms with van der Waals surface area (Å²) in [7, 11) is 2.46. The Morgan fingerprint density at radius 2 is 1.27 bits per heavy atom. The number of aliphatic hydroxyl groups is 6. The maximum Gasteiger partial charge on any atom is 0.330 e. The Hall–Kier alpha value is -9.08. The number of carboxylic acid groups (broad SMARTS) is 1. The standard InChI is InChI=1S/C60H64Cl2N8O22/c1-21(2)11-31(63)53(79)69-45-47(74)23-6-9-34(29(61)13-23)89-37-15-25-16-38(52(37)92-60-51(78)50(77)49(76)39(20-71)91-60)90-35-10-7-24(14-30(35)62)48(75)46-58(84)68-44(59(85)86)28-17-26(87-3)18-36(88-4)41(28)27-12-22(5-8-33(27)72)42(55(81)70-46)67-56(82)43(25)66-54(80)32(19-40(64)73)65-57(45)83/h5-10,12-18,21,31-32,39,42-51,60,71-72,74-78H,11,19-20,63H2,1-4H3,(H2,64,73)(H,65,83)(H,66,80)(H,67,82)(H,68,84)(H,69,79)(H,70,81)(H,85,86)/t31-,32+,39-,42-,43-,44+,45-,46+,47-,48-,49-,50+,51-,60+/m1/s1. The topological polar surface area (TPSA) is 478 Å². The van der Waals surface area contributed by atoms with E-state index >= 15 is 14.4 Å². The first-order chi connectivity index (χ1) is 43.6. The maximum absolute atomic E-state index is 15.8. The summed E-state index contributed by atoms with van der Waals surface area (Å²) in [5.74, 6) is -14.1. The number of hydrogen-bond acceptors (Lipinski definition) is 22. The number of nitrogens with two attached hydrogens (primary N) is 2. The van der Waals surface area contributed by atoms with Crippen LogP contribution in [0.4, 0.5) is 0 Å². The lowest BCUT2D eigenvalue weighted by Crippen LogP contribution is -2.60. The summed E-state index contributed by atoms with van der Waals surface area (Å²) in [6.07, 6.45) is -14.9. The number of benzene rings is 5. The number of aliphatic hydroxyl groups excluding tert-OH is 6. The molecule has 92 heavy (non-hydrogen) atoms. The van der Waals surface area contributed by atoms with E-state index in [0.717, 1.165) is 48.5 Å². The minimum Gasteiger partial charge on any atom is -0.507 e. The van der Waals surface area contributed by atoms with Crippen LogP contribution in [0.3, 0.4) is 0 Å². The number of fused-ring (bicyclic) bond motifs is 15. The van der Waals surface area contributed by atoms with Gasteiger partial charge in [0.15, 0.2) is 17.5 Å². The van der Waals surface area contributed by atoms with E-state index in [0.29, 0.717) is 0 Å². The van der Waals surface area contributed by atoms with Crippen LogP contribution in [0, 0.1) is 5.92 Å². The number of ether oxygens (including phenoxy) is 6. The molecule has 32 heteroatoms. The number of phenolic OH excluding ortho intramolecular Hbond substituents is 1. The van der Waals surface area contributed by atoms with Crippen molar-refractivity contribution >= 4 is 70.5 Å². The molecule has 6 aliphatic rings. The van der Waals surface area contributed by atoms with Crippen LogP contribution in [0.25, 0.3) is 11.1 Å². The third-order valence-electron chi connectivity index (χ3n) is 15.5. The van der Waals surface area contributed by atoms with Gasteiger partial charge in [-0.15, -0.1) is 0 Å².